The molecule has 0 radical (unpaired) electrons. The average molecular weight is 461 g/mol. The molecule has 186 valence electrons. The van der Waals surface area contributed by atoms with Crippen LogP contribution in [0.1, 0.15) is 5.56 Å². The van der Waals surface area contributed by atoms with Crippen molar-refractivity contribution in [2.24, 2.45) is 0 Å². The van der Waals surface area contributed by atoms with E-state index in [4.69, 9.17) is 42.6 Å². The van der Waals surface area contributed by atoms with Crippen LogP contribution in [0.3, 0.4) is 0 Å². The molecule has 0 amide bonds. The molecule has 0 atom stereocenters. The number of hydrogen-bond donors (Lipinski definition) is 0. The Hall–Kier alpha value is -1.14. The minimum Gasteiger partial charge on any atom is -0.377 e. The Morgan fingerprint density at radius 2 is 0.875 bits per heavy atom. The van der Waals surface area contributed by atoms with Crippen LogP contribution in [0.25, 0.3) is 0 Å². The molecular weight excluding hydrogens is 420 g/mol. The Labute approximate surface area is 192 Å². The molecule has 0 N–H and O–H groups in total. The molecule has 9 nitrogen and oxygen atoms in total. The second-order valence-electron chi connectivity index (χ2n) is 6.58. The standard InChI is InChI=1S/C23H40O9/c1-24-23(25-2)21-32-19-17-30-15-13-28-11-9-26-8-10-27-12-14-29-16-18-31-20-22-6-4-3-5-7-22/h3-7,23H,8-21H2,1-2H3. The van der Waals surface area contributed by atoms with Crippen LogP contribution in [-0.4, -0.2) is 106 Å². The molecule has 0 unspecified atom stereocenters. The first-order valence-electron chi connectivity index (χ1n) is 11.0. The number of ether oxygens (including phenoxy) is 9. The van der Waals surface area contributed by atoms with Crippen molar-refractivity contribution in [2.45, 2.75) is 12.9 Å². The van der Waals surface area contributed by atoms with E-state index < -0.39 is 0 Å². The van der Waals surface area contributed by atoms with Gasteiger partial charge in [0.15, 0.2) is 6.29 Å². The molecule has 32 heavy (non-hydrogen) atoms. The predicted octanol–water partition coefficient (Wildman–Crippen LogP) is 1.92. The van der Waals surface area contributed by atoms with Crippen LogP contribution < -0.4 is 0 Å². The molecule has 1 aromatic carbocycles. The number of hydrogen-bond acceptors (Lipinski definition) is 9. The van der Waals surface area contributed by atoms with Gasteiger partial charge in [0, 0.05) is 14.2 Å². The smallest absolute Gasteiger partial charge is 0.180 e. The van der Waals surface area contributed by atoms with E-state index in [2.05, 4.69) is 0 Å². The molecule has 0 bridgehead atoms. The Kier molecular flexibility index (Phi) is 20.8. The van der Waals surface area contributed by atoms with Gasteiger partial charge in [-0.1, -0.05) is 30.3 Å². The van der Waals surface area contributed by atoms with Gasteiger partial charge in [-0.2, -0.15) is 0 Å². The maximum atomic E-state index is 5.54. The van der Waals surface area contributed by atoms with Gasteiger partial charge in [0.2, 0.25) is 0 Å². The summed E-state index contributed by atoms with van der Waals surface area (Å²) in [6.45, 7) is 7.33. The third-order valence-electron chi connectivity index (χ3n) is 4.12. The molecule has 0 spiro atoms. The lowest BCUT2D eigenvalue weighted by Crippen LogP contribution is -2.21. The summed E-state index contributed by atoms with van der Waals surface area (Å²) in [5.74, 6) is 0. The van der Waals surface area contributed by atoms with E-state index in [0.29, 0.717) is 92.5 Å². The zero-order valence-corrected chi connectivity index (χ0v) is 19.5. The third-order valence-corrected chi connectivity index (χ3v) is 4.12. The molecule has 0 heterocycles. The van der Waals surface area contributed by atoms with Crippen LogP contribution in [0.4, 0.5) is 0 Å². The lowest BCUT2D eigenvalue weighted by molar-refractivity contribution is -0.143. The quantitative estimate of drug-likeness (QED) is 0.170. The minimum atomic E-state index is -0.340. The van der Waals surface area contributed by atoms with Gasteiger partial charge in [0.1, 0.15) is 0 Å². The Morgan fingerprint density at radius 3 is 1.28 bits per heavy atom. The van der Waals surface area contributed by atoms with Crippen molar-refractivity contribution in [2.75, 3.05) is 100 Å². The summed E-state index contributed by atoms with van der Waals surface area (Å²) in [7, 11) is 3.15. The van der Waals surface area contributed by atoms with Gasteiger partial charge in [-0.15, -0.1) is 0 Å². The van der Waals surface area contributed by atoms with Crippen molar-refractivity contribution in [1.29, 1.82) is 0 Å². The normalized spacial score (nSPS) is 11.5. The third kappa shape index (κ3) is 18.4. The van der Waals surface area contributed by atoms with Crippen molar-refractivity contribution in [3.8, 4) is 0 Å². The van der Waals surface area contributed by atoms with Crippen LogP contribution in [0.5, 0.6) is 0 Å². The second kappa shape index (κ2) is 23.0. The van der Waals surface area contributed by atoms with E-state index in [1.807, 2.05) is 30.3 Å². The monoisotopic (exact) mass is 460 g/mol. The van der Waals surface area contributed by atoms with Crippen molar-refractivity contribution < 1.29 is 42.6 Å². The highest BCUT2D eigenvalue weighted by Crippen LogP contribution is 2.00. The SMILES string of the molecule is COC(COCCOCCOCCOCCOCCOCCOCc1ccccc1)OC. The van der Waals surface area contributed by atoms with Gasteiger partial charge < -0.3 is 42.6 Å². The summed E-state index contributed by atoms with van der Waals surface area (Å²) in [6, 6.07) is 10.1. The highest BCUT2D eigenvalue weighted by atomic mass is 16.7. The van der Waals surface area contributed by atoms with Gasteiger partial charge in [0.05, 0.1) is 92.5 Å². The molecule has 1 aromatic rings. The molecule has 9 heteroatoms. The van der Waals surface area contributed by atoms with Gasteiger partial charge in [-0.05, 0) is 5.56 Å². The zero-order chi connectivity index (χ0) is 23.0. The molecule has 0 saturated heterocycles. The van der Waals surface area contributed by atoms with E-state index in [-0.39, 0.29) is 6.29 Å². The summed E-state index contributed by atoms with van der Waals surface area (Å²) in [6.07, 6.45) is -0.340. The molecular formula is C23H40O9. The van der Waals surface area contributed by atoms with Gasteiger partial charge in [-0.3, -0.25) is 0 Å². The van der Waals surface area contributed by atoms with E-state index >= 15 is 0 Å². The van der Waals surface area contributed by atoms with E-state index in [9.17, 15) is 0 Å². The predicted molar refractivity (Wildman–Crippen MR) is 119 cm³/mol. The van der Waals surface area contributed by atoms with Crippen LogP contribution in [-0.2, 0) is 49.2 Å². The molecule has 1 rings (SSSR count). The van der Waals surface area contributed by atoms with E-state index in [1.165, 1.54) is 0 Å². The average Bonchev–Trinajstić information content (AvgIpc) is 2.83. The first kappa shape index (κ1) is 28.9. The van der Waals surface area contributed by atoms with E-state index in [0.717, 1.165) is 5.56 Å². The number of methoxy groups -OCH3 is 2. The lowest BCUT2D eigenvalue weighted by atomic mass is 10.2. The molecule has 0 aliphatic carbocycles. The first-order valence-corrected chi connectivity index (χ1v) is 11.0. The lowest BCUT2D eigenvalue weighted by Gasteiger charge is -2.13. The first-order chi connectivity index (χ1) is 15.9. The van der Waals surface area contributed by atoms with Crippen LogP contribution in [0.15, 0.2) is 30.3 Å². The summed E-state index contributed by atoms with van der Waals surface area (Å²) in [5.41, 5.74) is 1.16. The Bertz CT molecular complexity index is 486. The molecule has 0 aliphatic heterocycles. The zero-order valence-electron chi connectivity index (χ0n) is 19.5. The van der Waals surface area contributed by atoms with Crippen LogP contribution in [0.2, 0.25) is 0 Å². The van der Waals surface area contributed by atoms with Gasteiger partial charge in [-0.25, -0.2) is 0 Å². The Balaban J connectivity index is 1.67. The molecule has 0 saturated carbocycles. The number of benzene rings is 1. The highest BCUT2D eigenvalue weighted by molar-refractivity contribution is 5.13. The van der Waals surface area contributed by atoms with Crippen LogP contribution >= 0.6 is 0 Å². The van der Waals surface area contributed by atoms with Crippen LogP contribution in [0, 0.1) is 0 Å². The fourth-order valence-corrected chi connectivity index (χ4v) is 2.39. The molecule has 0 aliphatic rings. The van der Waals surface area contributed by atoms with Crippen molar-refractivity contribution in [1.82, 2.24) is 0 Å². The molecule has 0 aromatic heterocycles. The largest absolute Gasteiger partial charge is 0.377 e. The summed E-state index contributed by atoms with van der Waals surface area (Å²) < 4.78 is 48.1. The van der Waals surface area contributed by atoms with E-state index in [1.54, 1.807) is 14.2 Å². The molecule has 0 fully saturated rings. The highest BCUT2D eigenvalue weighted by Gasteiger charge is 2.03. The maximum Gasteiger partial charge on any atom is 0.180 e. The van der Waals surface area contributed by atoms with Crippen molar-refractivity contribution in [3.05, 3.63) is 35.9 Å². The second-order valence-corrected chi connectivity index (χ2v) is 6.58. The minimum absolute atomic E-state index is 0.340. The van der Waals surface area contributed by atoms with Gasteiger partial charge in [0.25, 0.3) is 0 Å². The topological polar surface area (TPSA) is 83.1 Å². The Morgan fingerprint density at radius 1 is 0.500 bits per heavy atom. The summed E-state index contributed by atoms with van der Waals surface area (Å²) >= 11 is 0. The maximum absolute atomic E-state index is 5.54. The van der Waals surface area contributed by atoms with Crippen molar-refractivity contribution >= 4 is 0 Å². The summed E-state index contributed by atoms with van der Waals surface area (Å²) in [4.78, 5) is 0. The van der Waals surface area contributed by atoms with Gasteiger partial charge >= 0.3 is 0 Å². The fraction of sp³-hybridized carbons (Fsp3) is 0.739. The summed E-state index contributed by atoms with van der Waals surface area (Å²) in [5, 5.41) is 0. The van der Waals surface area contributed by atoms with Crippen molar-refractivity contribution in [3.63, 3.8) is 0 Å². The number of rotatable bonds is 24. The fourth-order valence-electron chi connectivity index (χ4n) is 2.39.